The van der Waals surface area contributed by atoms with Gasteiger partial charge in [-0.25, -0.2) is 12.8 Å². The van der Waals surface area contributed by atoms with Crippen LogP contribution in [0.3, 0.4) is 0 Å². The molecule has 0 spiro atoms. The number of nitrogens with one attached hydrogen (secondary N) is 1. The van der Waals surface area contributed by atoms with Crippen molar-refractivity contribution in [2.45, 2.75) is 52.1 Å². The summed E-state index contributed by atoms with van der Waals surface area (Å²) in [6, 6.07) is 19.6. The summed E-state index contributed by atoms with van der Waals surface area (Å²) in [5, 5.41) is 3.32. The topological polar surface area (TPSA) is 86.8 Å². The third-order valence-corrected chi connectivity index (χ3v) is 8.37. The summed E-state index contributed by atoms with van der Waals surface area (Å²) < 4.78 is 41.3. The van der Waals surface area contributed by atoms with Crippen LogP contribution in [0.5, 0.6) is 0 Å². The second kappa shape index (κ2) is 15.0. The summed E-state index contributed by atoms with van der Waals surface area (Å²) in [5.74, 6) is -1.18. The molecule has 0 radical (unpaired) electrons. The van der Waals surface area contributed by atoms with Crippen molar-refractivity contribution in [2.24, 2.45) is 0 Å². The molecule has 220 valence electrons. The van der Waals surface area contributed by atoms with Crippen LogP contribution in [0.1, 0.15) is 42.9 Å². The van der Waals surface area contributed by atoms with Crippen LogP contribution in [0.15, 0.2) is 72.8 Å². The van der Waals surface area contributed by atoms with Crippen LogP contribution in [0, 0.1) is 12.7 Å². The van der Waals surface area contributed by atoms with Gasteiger partial charge in [0.05, 0.1) is 11.9 Å². The number of benzene rings is 3. The van der Waals surface area contributed by atoms with Crippen LogP contribution in [0.2, 0.25) is 5.02 Å². The van der Waals surface area contributed by atoms with E-state index in [0.29, 0.717) is 22.8 Å². The van der Waals surface area contributed by atoms with Crippen molar-refractivity contribution in [3.63, 3.8) is 0 Å². The van der Waals surface area contributed by atoms with Gasteiger partial charge in [0, 0.05) is 43.1 Å². The molecule has 2 amide bonds. The molecule has 0 aliphatic carbocycles. The highest BCUT2D eigenvalue weighted by Crippen LogP contribution is 2.28. The van der Waals surface area contributed by atoms with Crippen molar-refractivity contribution in [1.82, 2.24) is 10.2 Å². The molecule has 0 saturated heterocycles. The highest BCUT2D eigenvalue weighted by molar-refractivity contribution is 7.92. The largest absolute Gasteiger partial charge is 0.354 e. The number of amides is 2. The Morgan fingerprint density at radius 1 is 1.00 bits per heavy atom. The maximum Gasteiger partial charge on any atom is 0.243 e. The quantitative estimate of drug-likeness (QED) is 0.264. The van der Waals surface area contributed by atoms with Gasteiger partial charge in [0.15, 0.2) is 0 Å². The number of anilines is 1. The van der Waals surface area contributed by atoms with Gasteiger partial charge < -0.3 is 10.2 Å². The smallest absolute Gasteiger partial charge is 0.243 e. The summed E-state index contributed by atoms with van der Waals surface area (Å²) in [4.78, 5) is 28.6. The Balaban J connectivity index is 1.90. The molecule has 0 aliphatic heterocycles. The number of halogens is 2. The Hall–Kier alpha value is -3.43. The van der Waals surface area contributed by atoms with Gasteiger partial charge in [0.1, 0.15) is 11.9 Å². The normalized spacial score (nSPS) is 12.0. The first-order chi connectivity index (χ1) is 19.5. The maximum absolute atomic E-state index is 14.7. The molecule has 3 aromatic rings. The van der Waals surface area contributed by atoms with Gasteiger partial charge in [0.2, 0.25) is 21.8 Å². The molecule has 41 heavy (non-hydrogen) atoms. The van der Waals surface area contributed by atoms with Crippen LogP contribution >= 0.6 is 11.6 Å². The molecule has 1 atom stereocenters. The second-order valence-electron chi connectivity index (χ2n) is 9.93. The van der Waals surface area contributed by atoms with Crippen molar-refractivity contribution in [1.29, 1.82) is 0 Å². The van der Waals surface area contributed by atoms with Crippen LogP contribution < -0.4 is 9.62 Å². The molecule has 0 saturated carbocycles. The summed E-state index contributed by atoms with van der Waals surface area (Å²) in [6.07, 6.45) is 2.20. The third kappa shape index (κ3) is 9.03. The van der Waals surface area contributed by atoms with Crippen LogP contribution in [-0.4, -0.2) is 50.5 Å². The standard InChI is InChI=1S/C31H37ClFN3O4S/c1-4-19-34-31(38)29(21-24-12-6-5-7-13-24)35(22-25-14-8-9-16-27(25)33)30(37)18-11-20-36(41(3,39)40)28-17-10-15-26(32)23(28)2/h5-10,12-17,29H,4,11,18-22H2,1-3H3,(H,34,38)/t29-/m0/s1. The summed E-state index contributed by atoms with van der Waals surface area (Å²) in [6.45, 7) is 4.04. The van der Waals surface area contributed by atoms with E-state index in [9.17, 15) is 22.4 Å². The molecule has 0 bridgehead atoms. The second-order valence-corrected chi connectivity index (χ2v) is 12.2. The van der Waals surface area contributed by atoms with E-state index in [0.717, 1.165) is 18.2 Å². The van der Waals surface area contributed by atoms with E-state index >= 15 is 0 Å². The number of hydrogen-bond acceptors (Lipinski definition) is 4. The van der Waals surface area contributed by atoms with Crippen molar-refractivity contribution >= 4 is 39.1 Å². The van der Waals surface area contributed by atoms with Gasteiger partial charge in [-0.05, 0) is 49.1 Å². The number of carbonyl (C=O) groups is 2. The first-order valence-electron chi connectivity index (χ1n) is 13.6. The van der Waals surface area contributed by atoms with E-state index in [1.54, 1.807) is 43.3 Å². The summed E-state index contributed by atoms with van der Waals surface area (Å²) in [5.41, 5.74) is 2.20. The Morgan fingerprint density at radius 2 is 1.68 bits per heavy atom. The fourth-order valence-electron chi connectivity index (χ4n) is 4.58. The fraction of sp³-hybridized carbons (Fsp3) is 0.355. The predicted molar refractivity (Wildman–Crippen MR) is 162 cm³/mol. The van der Waals surface area contributed by atoms with Crippen LogP contribution in [0.25, 0.3) is 0 Å². The molecule has 0 aliphatic rings. The van der Waals surface area contributed by atoms with Gasteiger partial charge in [0.25, 0.3) is 0 Å². The monoisotopic (exact) mass is 601 g/mol. The lowest BCUT2D eigenvalue weighted by Gasteiger charge is -2.32. The summed E-state index contributed by atoms with van der Waals surface area (Å²) >= 11 is 6.24. The zero-order chi connectivity index (χ0) is 30.0. The number of hydrogen-bond donors (Lipinski definition) is 1. The zero-order valence-electron chi connectivity index (χ0n) is 23.6. The maximum atomic E-state index is 14.7. The van der Waals surface area contributed by atoms with Crippen LogP contribution in [-0.2, 0) is 32.6 Å². The minimum Gasteiger partial charge on any atom is -0.354 e. The molecule has 0 fully saturated rings. The first-order valence-corrected chi connectivity index (χ1v) is 15.8. The van der Waals surface area contributed by atoms with E-state index in [-0.39, 0.29) is 49.7 Å². The Morgan fingerprint density at radius 3 is 2.34 bits per heavy atom. The molecular weight excluding hydrogens is 565 g/mol. The number of nitrogens with zero attached hydrogens (tertiary/aromatic N) is 2. The highest BCUT2D eigenvalue weighted by Gasteiger charge is 2.31. The van der Waals surface area contributed by atoms with Gasteiger partial charge in [-0.15, -0.1) is 0 Å². The molecule has 1 N–H and O–H groups in total. The van der Waals surface area contributed by atoms with Gasteiger partial charge >= 0.3 is 0 Å². The third-order valence-electron chi connectivity index (χ3n) is 6.78. The lowest BCUT2D eigenvalue weighted by atomic mass is 10.0. The Kier molecular flexibility index (Phi) is 11.7. The SMILES string of the molecule is CCCNC(=O)[C@H](Cc1ccccc1)N(Cc1ccccc1F)C(=O)CCCN(c1cccc(Cl)c1C)S(C)(=O)=O. The van der Waals surface area contributed by atoms with E-state index in [4.69, 9.17) is 11.6 Å². The molecule has 3 aromatic carbocycles. The zero-order valence-corrected chi connectivity index (χ0v) is 25.2. The molecule has 0 aromatic heterocycles. The molecule has 3 rings (SSSR count). The van der Waals surface area contributed by atoms with Gasteiger partial charge in [-0.3, -0.25) is 13.9 Å². The van der Waals surface area contributed by atoms with Crippen molar-refractivity contribution in [3.8, 4) is 0 Å². The molecule has 0 unspecified atom stereocenters. The lowest BCUT2D eigenvalue weighted by molar-refractivity contribution is -0.141. The number of carbonyl (C=O) groups excluding carboxylic acids is 2. The average Bonchev–Trinajstić information content (AvgIpc) is 2.94. The fourth-order valence-corrected chi connectivity index (χ4v) is 5.76. The Labute approximate surface area is 247 Å². The average molecular weight is 602 g/mol. The van der Waals surface area contributed by atoms with Gasteiger partial charge in [-0.1, -0.05) is 73.1 Å². The highest BCUT2D eigenvalue weighted by atomic mass is 35.5. The molecular formula is C31H37ClFN3O4S. The van der Waals surface area contributed by atoms with Crippen molar-refractivity contribution < 1.29 is 22.4 Å². The van der Waals surface area contributed by atoms with Crippen molar-refractivity contribution in [3.05, 3.63) is 100 Å². The summed E-state index contributed by atoms with van der Waals surface area (Å²) in [7, 11) is -3.67. The van der Waals surface area contributed by atoms with Gasteiger partial charge in [-0.2, -0.15) is 0 Å². The van der Waals surface area contributed by atoms with E-state index < -0.39 is 21.9 Å². The molecule has 0 heterocycles. The number of rotatable bonds is 14. The predicted octanol–water partition coefficient (Wildman–Crippen LogP) is 5.50. The number of sulfonamides is 1. The first kappa shape index (κ1) is 32.1. The minimum absolute atomic E-state index is 0.0324. The van der Waals surface area contributed by atoms with Crippen molar-refractivity contribution in [2.75, 3.05) is 23.7 Å². The molecule has 7 nitrogen and oxygen atoms in total. The molecule has 10 heteroatoms. The van der Waals surface area contributed by atoms with E-state index in [2.05, 4.69) is 5.32 Å². The van der Waals surface area contributed by atoms with E-state index in [1.165, 1.54) is 15.3 Å². The lowest BCUT2D eigenvalue weighted by Crippen LogP contribution is -2.50. The van der Waals surface area contributed by atoms with Crippen LogP contribution in [0.4, 0.5) is 10.1 Å². The minimum atomic E-state index is -3.67. The Bertz CT molecular complexity index is 1440. The van der Waals surface area contributed by atoms with E-state index in [1.807, 2.05) is 37.3 Å².